The molecule has 0 bridgehead atoms. The smallest absolute Gasteiger partial charge is 0.233 e. The fourth-order valence-corrected chi connectivity index (χ4v) is 1.44. The molecule has 1 heterocycles. The Kier molecular flexibility index (Phi) is 5.01. The second-order valence-corrected chi connectivity index (χ2v) is 3.95. The van der Waals surface area contributed by atoms with Crippen molar-refractivity contribution in [3.63, 3.8) is 0 Å². The van der Waals surface area contributed by atoms with Crippen LogP contribution < -0.4 is 11.3 Å². The Morgan fingerprint density at radius 1 is 1.69 bits per heavy atom. The summed E-state index contributed by atoms with van der Waals surface area (Å²) in [6.45, 7) is 2.82. The van der Waals surface area contributed by atoms with Gasteiger partial charge in [-0.05, 0) is 32.5 Å². The van der Waals surface area contributed by atoms with Crippen LogP contribution in [0.1, 0.15) is 25.5 Å². The van der Waals surface area contributed by atoms with Gasteiger partial charge in [-0.1, -0.05) is 0 Å². The van der Waals surface area contributed by atoms with Gasteiger partial charge in [-0.2, -0.15) is 0 Å². The third-order valence-electron chi connectivity index (χ3n) is 2.69. The Labute approximate surface area is 95.6 Å². The molecule has 5 nitrogen and oxygen atoms in total. The van der Waals surface area contributed by atoms with E-state index in [1.807, 2.05) is 19.2 Å². The summed E-state index contributed by atoms with van der Waals surface area (Å²) in [5, 5.41) is 0. The lowest BCUT2D eigenvalue weighted by molar-refractivity contribution is -0.121. The van der Waals surface area contributed by atoms with E-state index in [1.54, 1.807) is 6.26 Å². The largest absolute Gasteiger partial charge is 0.468 e. The molecule has 1 rings (SSSR count). The van der Waals surface area contributed by atoms with Crippen molar-refractivity contribution in [3.8, 4) is 0 Å². The van der Waals surface area contributed by atoms with Gasteiger partial charge in [-0.3, -0.25) is 15.1 Å². The summed E-state index contributed by atoms with van der Waals surface area (Å²) in [4.78, 5) is 13.1. The summed E-state index contributed by atoms with van der Waals surface area (Å²) < 4.78 is 5.26. The molecule has 1 aromatic rings. The zero-order valence-electron chi connectivity index (χ0n) is 9.77. The molecule has 1 atom stereocenters. The number of nitrogens with zero attached hydrogens (tertiary/aromatic N) is 1. The van der Waals surface area contributed by atoms with Crippen molar-refractivity contribution in [2.75, 3.05) is 7.05 Å². The molecule has 1 amide bonds. The SMILES string of the molecule is CC(CCC(=O)NN)N(C)Cc1ccco1. The van der Waals surface area contributed by atoms with Crippen LogP contribution in [0.2, 0.25) is 0 Å². The van der Waals surface area contributed by atoms with Crippen LogP contribution in [-0.2, 0) is 11.3 Å². The highest BCUT2D eigenvalue weighted by Gasteiger charge is 2.12. The van der Waals surface area contributed by atoms with E-state index in [1.165, 1.54) is 0 Å². The Morgan fingerprint density at radius 2 is 2.44 bits per heavy atom. The third-order valence-corrected chi connectivity index (χ3v) is 2.69. The average Bonchev–Trinajstić information content (AvgIpc) is 2.77. The molecule has 0 radical (unpaired) electrons. The lowest BCUT2D eigenvalue weighted by Gasteiger charge is -2.23. The van der Waals surface area contributed by atoms with E-state index in [9.17, 15) is 4.79 Å². The van der Waals surface area contributed by atoms with Crippen LogP contribution in [0, 0.1) is 0 Å². The van der Waals surface area contributed by atoms with Gasteiger partial charge in [-0.25, -0.2) is 5.84 Å². The average molecular weight is 225 g/mol. The topological polar surface area (TPSA) is 71.5 Å². The first-order chi connectivity index (χ1) is 7.63. The van der Waals surface area contributed by atoms with Crippen LogP contribution in [-0.4, -0.2) is 23.9 Å². The molecule has 3 N–H and O–H groups in total. The van der Waals surface area contributed by atoms with Crippen molar-refractivity contribution in [2.45, 2.75) is 32.4 Å². The van der Waals surface area contributed by atoms with Crippen LogP contribution in [0.15, 0.2) is 22.8 Å². The minimum Gasteiger partial charge on any atom is -0.468 e. The molecule has 0 saturated carbocycles. The molecule has 0 saturated heterocycles. The van der Waals surface area contributed by atoms with E-state index in [0.29, 0.717) is 12.5 Å². The number of nitrogens with one attached hydrogen (secondary N) is 1. The molecule has 0 fully saturated rings. The minimum absolute atomic E-state index is 0.127. The number of nitrogens with two attached hydrogens (primary N) is 1. The van der Waals surface area contributed by atoms with Gasteiger partial charge in [0.2, 0.25) is 5.91 Å². The zero-order valence-corrected chi connectivity index (χ0v) is 9.77. The second kappa shape index (κ2) is 6.30. The number of hydrazine groups is 1. The van der Waals surface area contributed by atoms with Gasteiger partial charge in [0.15, 0.2) is 0 Å². The van der Waals surface area contributed by atoms with Crippen LogP contribution in [0.3, 0.4) is 0 Å². The monoisotopic (exact) mass is 225 g/mol. The van der Waals surface area contributed by atoms with Gasteiger partial charge in [-0.15, -0.1) is 0 Å². The molecule has 0 spiro atoms. The number of carbonyl (C=O) groups is 1. The van der Waals surface area contributed by atoms with E-state index in [4.69, 9.17) is 10.3 Å². The quantitative estimate of drug-likeness (QED) is 0.428. The van der Waals surface area contributed by atoms with Gasteiger partial charge < -0.3 is 4.42 Å². The molecule has 5 heteroatoms. The summed E-state index contributed by atoms with van der Waals surface area (Å²) in [6.07, 6.45) is 2.89. The number of amides is 1. The molecular formula is C11H19N3O2. The maximum absolute atomic E-state index is 11.0. The number of carbonyl (C=O) groups excluding carboxylic acids is 1. The van der Waals surface area contributed by atoms with Crippen LogP contribution >= 0.6 is 0 Å². The highest BCUT2D eigenvalue weighted by atomic mass is 16.3. The summed E-state index contributed by atoms with van der Waals surface area (Å²) in [7, 11) is 2.01. The number of furan rings is 1. The normalized spacial score (nSPS) is 12.8. The summed E-state index contributed by atoms with van der Waals surface area (Å²) in [5.41, 5.74) is 2.13. The highest BCUT2D eigenvalue weighted by Crippen LogP contribution is 2.10. The van der Waals surface area contributed by atoms with Gasteiger partial charge in [0.25, 0.3) is 0 Å². The Morgan fingerprint density at radius 3 is 3.00 bits per heavy atom. The van der Waals surface area contributed by atoms with E-state index >= 15 is 0 Å². The lowest BCUT2D eigenvalue weighted by Crippen LogP contribution is -2.33. The van der Waals surface area contributed by atoms with Crippen molar-refractivity contribution in [1.82, 2.24) is 10.3 Å². The van der Waals surface area contributed by atoms with Crippen LogP contribution in [0.5, 0.6) is 0 Å². The first-order valence-corrected chi connectivity index (χ1v) is 5.35. The van der Waals surface area contributed by atoms with Crippen LogP contribution in [0.4, 0.5) is 0 Å². The third kappa shape index (κ3) is 4.04. The van der Waals surface area contributed by atoms with Crippen molar-refractivity contribution in [3.05, 3.63) is 24.2 Å². The number of hydrogen-bond acceptors (Lipinski definition) is 4. The maximum atomic E-state index is 11.0. The molecule has 1 unspecified atom stereocenters. The Hall–Kier alpha value is -1.33. The fourth-order valence-electron chi connectivity index (χ4n) is 1.44. The van der Waals surface area contributed by atoms with E-state index in [0.717, 1.165) is 18.7 Å². The summed E-state index contributed by atoms with van der Waals surface area (Å²) >= 11 is 0. The molecule has 1 aromatic heterocycles. The molecule has 0 aliphatic heterocycles. The predicted molar refractivity (Wildman–Crippen MR) is 61.2 cm³/mol. The molecule has 0 aliphatic carbocycles. The Bertz CT molecular complexity index is 311. The van der Waals surface area contributed by atoms with Gasteiger partial charge >= 0.3 is 0 Å². The van der Waals surface area contributed by atoms with E-state index in [-0.39, 0.29) is 5.91 Å². The van der Waals surface area contributed by atoms with Crippen molar-refractivity contribution in [2.24, 2.45) is 5.84 Å². The fraction of sp³-hybridized carbons (Fsp3) is 0.545. The lowest BCUT2D eigenvalue weighted by atomic mass is 10.1. The maximum Gasteiger partial charge on any atom is 0.233 e. The standard InChI is InChI=1S/C11H19N3O2/c1-9(5-6-11(15)13-12)14(2)8-10-4-3-7-16-10/h3-4,7,9H,5-6,8,12H2,1-2H3,(H,13,15). The number of hydrogen-bond donors (Lipinski definition) is 2. The molecular weight excluding hydrogens is 206 g/mol. The summed E-state index contributed by atoms with van der Waals surface area (Å²) in [5.74, 6) is 5.82. The van der Waals surface area contributed by atoms with Crippen molar-refractivity contribution in [1.29, 1.82) is 0 Å². The number of rotatable bonds is 6. The molecule has 16 heavy (non-hydrogen) atoms. The van der Waals surface area contributed by atoms with Crippen molar-refractivity contribution >= 4 is 5.91 Å². The van der Waals surface area contributed by atoms with Gasteiger partial charge in [0.1, 0.15) is 5.76 Å². The summed E-state index contributed by atoms with van der Waals surface area (Å²) in [6, 6.07) is 4.12. The van der Waals surface area contributed by atoms with Gasteiger partial charge in [0, 0.05) is 12.5 Å². The predicted octanol–water partition coefficient (Wildman–Crippen LogP) is 0.870. The molecule has 90 valence electrons. The van der Waals surface area contributed by atoms with E-state index in [2.05, 4.69) is 17.2 Å². The van der Waals surface area contributed by atoms with E-state index < -0.39 is 0 Å². The molecule has 0 aliphatic rings. The van der Waals surface area contributed by atoms with Gasteiger partial charge in [0.05, 0.1) is 12.8 Å². The molecule has 0 aromatic carbocycles. The van der Waals surface area contributed by atoms with Crippen LogP contribution in [0.25, 0.3) is 0 Å². The Balaban J connectivity index is 2.30. The first-order valence-electron chi connectivity index (χ1n) is 5.35. The zero-order chi connectivity index (χ0) is 12.0. The first kappa shape index (κ1) is 12.7. The second-order valence-electron chi connectivity index (χ2n) is 3.95. The van der Waals surface area contributed by atoms with Crippen molar-refractivity contribution < 1.29 is 9.21 Å². The highest BCUT2D eigenvalue weighted by molar-refractivity contribution is 5.75. The minimum atomic E-state index is -0.127.